The van der Waals surface area contributed by atoms with Gasteiger partial charge in [0.15, 0.2) is 0 Å². The van der Waals surface area contributed by atoms with Crippen LogP contribution in [0.25, 0.3) is 0 Å². The van der Waals surface area contributed by atoms with Gasteiger partial charge in [0.1, 0.15) is 6.04 Å². The first kappa shape index (κ1) is 16.4. The maximum absolute atomic E-state index is 12.6. The van der Waals surface area contributed by atoms with Gasteiger partial charge in [-0.3, -0.25) is 4.79 Å². The lowest BCUT2D eigenvalue weighted by atomic mass is 10.0. The van der Waals surface area contributed by atoms with Gasteiger partial charge in [-0.05, 0) is 37.5 Å². The second kappa shape index (κ2) is 7.32. The lowest BCUT2D eigenvalue weighted by Gasteiger charge is -2.27. The summed E-state index contributed by atoms with van der Waals surface area (Å²) in [5, 5.41) is 0.700. The second-order valence-corrected chi connectivity index (χ2v) is 7.46. The summed E-state index contributed by atoms with van der Waals surface area (Å²) in [6, 6.07) is 7.72. The zero-order valence-electron chi connectivity index (χ0n) is 13.2. The number of likely N-dealkylation sites (N-methyl/N-ethyl adjacent to an activating group) is 1. The number of rotatable bonds is 5. The van der Waals surface area contributed by atoms with Gasteiger partial charge >= 0.3 is 0 Å². The van der Waals surface area contributed by atoms with E-state index >= 15 is 0 Å². The topological polar surface area (TPSA) is 46.3 Å². The minimum Gasteiger partial charge on any atom is -0.341 e. The molecule has 21 heavy (non-hydrogen) atoms. The van der Waals surface area contributed by atoms with E-state index < -0.39 is 6.04 Å². The third kappa shape index (κ3) is 4.01. The molecule has 1 aromatic carbocycles. The van der Waals surface area contributed by atoms with Gasteiger partial charge in [0.05, 0.1) is 0 Å². The van der Waals surface area contributed by atoms with Crippen LogP contribution >= 0.6 is 11.8 Å². The maximum atomic E-state index is 12.6. The van der Waals surface area contributed by atoms with Crippen molar-refractivity contribution in [2.24, 2.45) is 5.73 Å². The predicted octanol–water partition coefficient (Wildman–Crippen LogP) is 3.13. The number of carbonyl (C=O) groups excluding carboxylic acids is 1. The fourth-order valence-corrected chi connectivity index (χ4v) is 4.10. The van der Waals surface area contributed by atoms with E-state index in [9.17, 15) is 4.79 Å². The molecule has 0 aromatic heterocycles. The minimum absolute atomic E-state index is 0.0333. The SMILES string of the molecule is CCSC1CCC(N(C)C(=O)C(N)c2ccc(C)cc2)C1. The zero-order chi connectivity index (χ0) is 15.4. The number of aryl methyl sites for hydroxylation is 1. The fourth-order valence-electron chi connectivity index (χ4n) is 2.97. The molecule has 2 N–H and O–H groups in total. The highest BCUT2D eigenvalue weighted by Crippen LogP contribution is 2.32. The van der Waals surface area contributed by atoms with Crippen LogP contribution < -0.4 is 5.73 Å². The minimum atomic E-state index is -0.548. The summed E-state index contributed by atoms with van der Waals surface area (Å²) >= 11 is 2.01. The monoisotopic (exact) mass is 306 g/mol. The normalized spacial score (nSPS) is 23.0. The molecule has 0 bridgehead atoms. The van der Waals surface area contributed by atoms with Crippen LogP contribution in [0.4, 0.5) is 0 Å². The largest absolute Gasteiger partial charge is 0.341 e. The summed E-state index contributed by atoms with van der Waals surface area (Å²) in [5.41, 5.74) is 8.23. The molecule has 1 fully saturated rings. The van der Waals surface area contributed by atoms with E-state index in [1.165, 1.54) is 12.0 Å². The Kier molecular flexibility index (Phi) is 5.71. The van der Waals surface area contributed by atoms with Crippen LogP contribution in [0, 0.1) is 6.92 Å². The zero-order valence-corrected chi connectivity index (χ0v) is 14.0. The van der Waals surface area contributed by atoms with Crippen LogP contribution in [0.5, 0.6) is 0 Å². The molecule has 0 radical (unpaired) electrons. The van der Waals surface area contributed by atoms with Gasteiger partial charge in [-0.25, -0.2) is 0 Å². The quantitative estimate of drug-likeness (QED) is 0.909. The van der Waals surface area contributed by atoms with Crippen molar-refractivity contribution in [1.82, 2.24) is 4.90 Å². The van der Waals surface area contributed by atoms with Gasteiger partial charge in [0, 0.05) is 18.3 Å². The van der Waals surface area contributed by atoms with Crippen LogP contribution in [0.2, 0.25) is 0 Å². The van der Waals surface area contributed by atoms with Crippen molar-refractivity contribution in [2.75, 3.05) is 12.8 Å². The number of hydrogen-bond donors (Lipinski definition) is 1. The molecular weight excluding hydrogens is 280 g/mol. The molecule has 2 rings (SSSR count). The Balaban J connectivity index is 1.97. The van der Waals surface area contributed by atoms with Gasteiger partial charge in [0.2, 0.25) is 5.91 Å². The van der Waals surface area contributed by atoms with Crippen LogP contribution in [0.1, 0.15) is 43.4 Å². The van der Waals surface area contributed by atoms with Crippen LogP contribution in [0.15, 0.2) is 24.3 Å². The number of nitrogens with two attached hydrogens (primary N) is 1. The first-order valence-electron chi connectivity index (χ1n) is 7.73. The van der Waals surface area contributed by atoms with Gasteiger partial charge in [-0.1, -0.05) is 36.8 Å². The Hall–Kier alpha value is -1.00. The molecule has 3 atom stereocenters. The molecule has 116 valence electrons. The van der Waals surface area contributed by atoms with Crippen molar-refractivity contribution in [3.05, 3.63) is 35.4 Å². The molecule has 3 unspecified atom stereocenters. The average Bonchev–Trinajstić information content (AvgIpc) is 2.95. The molecule has 1 aliphatic carbocycles. The summed E-state index contributed by atoms with van der Waals surface area (Å²) in [5.74, 6) is 1.18. The number of nitrogens with zero attached hydrogens (tertiary/aromatic N) is 1. The fraction of sp³-hybridized carbons (Fsp3) is 0.588. The molecule has 1 aliphatic rings. The molecule has 1 saturated carbocycles. The van der Waals surface area contributed by atoms with Crippen molar-refractivity contribution in [2.45, 2.75) is 50.4 Å². The summed E-state index contributed by atoms with van der Waals surface area (Å²) in [4.78, 5) is 14.4. The van der Waals surface area contributed by atoms with Crippen molar-refractivity contribution in [3.8, 4) is 0 Å². The molecule has 0 spiro atoms. The molecule has 1 amide bonds. The summed E-state index contributed by atoms with van der Waals surface area (Å²) < 4.78 is 0. The Morgan fingerprint density at radius 2 is 2.05 bits per heavy atom. The van der Waals surface area contributed by atoms with E-state index in [1.807, 2.05) is 54.9 Å². The summed E-state index contributed by atoms with van der Waals surface area (Å²) in [6.07, 6.45) is 3.41. The lowest BCUT2D eigenvalue weighted by molar-refractivity contribution is -0.133. The van der Waals surface area contributed by atoms with Gasteiger partial charge in [-0.15, -0.1) is 0 Å². The van der Waals surface area contributed by atoms with E-state index in [4.69, 9.17) is 5.73 Å². The highest BCUT2D eigenvalue weighted by molar-refractivity contribution is 7.99. The number of benzene rings is 1. The number of amides is 1. The van der Waals surface area contributed by atoms with E-state index in [-0.39, 0.29) is 5.91 Å². The molecule has 4 heteroatoms. The summed E-state index contributed by atoms with van der Waals surface area (Å²) in [6.45, 7) is 4.23. The van der Waals surface area contributed by atoms with Crippen molar-refractivity contribution >= 4 is 17.7 Å². The molecule has 0 aliphatic heterocycles. The smallest absolute Gasteiger partial charge is 0.244 e. The molecular formula is C17H26N2OS. The first-order valence-corrected chi connectivity index (χ1v) is 8.78. The third-order valence-corrected chi connectivity index (χ3v) is 5.59. The van der Waals surface area contributed by atoms with Crippen LogP contribution in [-0.2, 0) is 4.79 Å². The Morgan fingerprint density at radius 3 is 2.67 bits per heavy atom. The van der Waals surface area contributed by atoms with Crippen molar-refractivity contribution < 1.29 is 4.79 Å². The van der Waals surface area contributed by atoms with E-state index in [0.29, 0.717) is 11.3 Å². The van der Waals surface area contributed by atoms with E-state index in [1.54, 1.807) is 0 Å². The maximum Gasteiger partial charge on any atom is 0.244 e. The highest BCUT2D eigenvalue weighted by atomic mass is 32.2. The van der Waals surface area contributed by atoms with Crippen molar-refractivity contribution in [1.29, 1.82) is 0 Å². The third-order valence-electron chi connectivity index (χ3n) is 4.36. The summed E-state index contributed by atoms with van der Waals surface area (Å²) in [7, 11) is 1.90. The van der Waals surface area contributed by atoms with Gasteiger partial charge < -0.3 is 10.6 Å². The predicted molar refractivity (Wildman–Crippen MR) is 90.4 cm³/mol. The molecule has 1 aromatic rings. The van der Waals surface area contributed by atoms with Gasteiger partial charge in [-0.2, -0.15) is 11.8 Å². The molecule has 0 saturated heterocycles. The Morgan fingerprint density at radius 1 is 1.38 bits per heavy atom. The van der Waals surface area contributed by atoms with Crippen molar-refractivity contribution in [3.63, 3.8) is 0 Å². The lowest BCUT2D eigenvalue weighted by Crippen LogP contribution is -2.41. The first-order chi connectivity index (χ1) is 10.0. The highest BCUT2D eigenvalue weighted by Gasteiger charge is 2.31. The number of hydrogen-bond acceptors (Lipinski definition) is 3. The van der Waals surface area contributed by atoms with E-state index in [0.717, 1.165) is 24.2 Å². The second-order valence-electron chi connectivity index (χ2n) is 5.88. The molecule has 0 heterocycles. The standard InChI is InChI=1S/C17H26N2OS/c1-4-21-15-10-9-14(11-15)19(3)17(20)16(18)13-7-5-12(2)6-8-13/h5-8,14-16H,4,9-11,18H2,1-3H3. The van der Waals surface area contributed by atoms with Gasteiger partial charge in [0.25, 0.3) is 0 Å². The van der Waals surface area contributed by atoms with Crippen LogP contribution in [0.3, 0.4) is 0 Å². The number of carbonyl (C=O) groups is 1. The Bertz CT molecular complexity index is 474. The number of thioether (sulfide) groups is 1. The average molecular weight is 306 g/mol. The molecule has 3 nitrogen and oxygen atoms in total. The van der Waals surface area contributed by atoms with E-state index in [2.05, 4.69) is 6.92 Å². The Labute approximate surface area is 132 Å². The van der Waals surface area contributed by atoms with Crippen LogP contribution in [-0.4, -0.2) is 34.9 Å².